The molecule has 4 unspecified atom stereocenters. The van der Waals surface area contributed by atoms with Crippen molar-refractivity contribution in [2.24, 2.45) is 34.5 Å². The molecular formula is C28H38O5. The molecule has 0 bridgehead atoms. The fraction of sp³-hybridized carbons (Fsp3) is 0.714. The van der Waals surface area contributed by atoms with Gasteiger partial charge in [-0.2, -0.15) is 0 Å². The first kappa shape index (κ1) is 23.0. The van der Waals surface area contributed by atoms with Crippen LogP contribution in [0.1, 0.15) is 73.1 Å². The zero-order chi connectivity index (χ0) is 23.9. The van der Waals surface area contributed by atoms with E-state index in [1.807, 2.05) is 26.8 Å². The first-order valence-corrected chi connectivity index (χ1v) is 12.6. The predicted molar refractivity (Wildman–Crippen MR) is 125 cm³/mol. The lowest BCUT2D eigenvalue weighted by Crippen LogP contribution is -2.65. The summed E-state index contributed by atoms with van der Waals surface area (Å²) in [7, 11) is 0. The van der Waals surface area contributed by atoms with Crippen LogP contribution in [0.4, 0.5) is 0 Å². The van der Waals surface area contributed by atoms with Crippen LogP contribution in [-0.2, 0) is 14.3 Å². The number of fused-ring (bicyclic) bond motifs is 5. The second-order valence-corrected chi connectivity index (χ2v) is 11.9. The highest BCUT2D eigenvalue weighted by molar-refractivity contribution is 5.98. The number of carbonyl (C=O) groups is 2. The van der Waals surface area contributed by atoms with Crippen LogP contribution in [0.3, 0.4) is 0 Å². The fourth-order valence-corrected chi connectivity index (χ4v) is 8.48. The summed E-state index contributed by atoms with van der Waals surface area (Å²) in [5, 5.41) is 23.8. The van der Waals surface area contributed by atoms with Gasteiger partial charge >= 0.3 is 5.97 Å². The average Bonchev–Trinajstić information content (AvgIpc) is 2.98. The summed E-state index contributed by atoms with van der Waals surface area (Å²) in [5.41, 5.74) is 0.577. The maximum absolute atomic E-state index is 13.1. The molecule has 180 valence electrons. The molecule has 2 saturated carbocycles. The van der Waals surface area contributed by atoms with Crippen LogP contribution in [0.25, 0.3) is 0 Å². The Bertz CT molecular complexity index is 990. The second kappa shape index (κ2) is 7.39. The summed E-state index contributed by atoms with van der Waals surface area (Å²) in [5.74, 6) is -0.206. The van der Waals surface area contributed by atoms with Gasteiger partial charge in [0.2, 0.25) is 0 Å². The van der Waals surface area contributed by atoms with Gasteiger partial charge in [0.1, 0.15) is 6.10 Å². The Balaban J connectivity index is 1.49. The number of esters is 1. The molecule has 0 aromatic rings. The largest absolute Gasteiger partial charge is 0.458 e. The average molecular weight is 455 g/mol. The van der Waals surface area contributed by atoms with E-state index in [0.717, 1.165) is 24.8 Å². The van der Waals surface area contributed by atoms with Crippen LogP contribution in [0.2, 0.25) is 0 Å². The lowest BCUT2D eigenvalue weighted by Gasteiger charge is -2.60. The van der Waals surface area contributed by atoms with E-state index in [0.29, 0.717) is 24.8 Å². The van der Waals surface area contributed by atoms with E-state index in [-0.39, 0.29) is 41.5 Å². The highest BCUT2D eigenvalue weighted by atomic mass is 16.5. The van der Waals surface area contributed by atoms with Crippen molar-refractivity contribution in [2.75, 3.05) is 0 Å². The van der Waals surface area contributed by atoms with E-state index in [9.17, 15) is 19.8 Å². The smallest absolute Gasteiger partial charge is 0.333 e. The quantitative estimate of drug-likeness (QED) is 0.481. The number of aliphatic hydroxyl groups is 2. The molecule has 2 fully saturated rings. The van der Waals surface area contributed by atoms with E-state index in [1.54, 1.807) is 6.08 Å². The number of allylic oxidation sites excluding steroid dienone is 4. The number of carbonyl (C=O) groups excluding carboxylic acids is 2. The van der Waals surface area contributed by atoms with Gasteiger partial charge in [0.15, 0.2) is 5.78 Å². The van der Waals surface area contributed by atoms with Crippen LogP contribution < -0.4 is 0 Å². The predicted octanol–water partition coefficient (Wildman–Crippen LogP) is 4.28. The minimum Gasteiger partial charge on any atom is -0.458 e. The number of ketones is 1. The number of aliphatic hydroxyl groups excluding tert-OH is 1. The van der Waals surface area contributed by atoms with Gasteiger partial charge in [0, 0.05) is 17.4 Å². The van der Waals surface area contributed by atoms with Gasteiger partial charge in [-0.15, -0.1) is 0 Å². The summed E-state index contributed by atoms with van der Waals surface area (Å²) in [6, 6.07) is 0. The van der Waals surface area contributed by atoms with E-state index < -0.39 is 22.5 Å². The normalized spacial score (nSPS) is 48.0. The molecule has 5 rings (SSSR count). The van der Waals surface area contributed by atoms with Crippen molar-refractivity contribution < 1.29 is 24.5 Å². The molecule has 9 atom stereocenters. The third-order valence-electron chi connectivity index (χ3n) is 10.8. The zero-order valence-corrected chi connectivity index (χ0v) is 20.6. The molecule has 0 amide bonds. The highest BCUT2D eigenvalue weighted by Gasteiger charge is 2.71. The molecule has 1 heterocycles. The molecule has 0 spiro atoms. The van der Waals surface area contributed by atoms with Crippen LogP contribution in [0.15, 0.2) is 34.9 Å². The second-order valence-electron chi connectivity index (χ2n) is 11.9. The van der Waals surface area contributed by atoms with Gasteiger partial charge in [-0.3, -0.25) is 4.79 Å². The molecule has 0 aromatic heterocycles. The summed E-state index contributed by atoms with van der Waals surface area (Å²) in [4.78, 5) is 25.5. The Morgan fingerprint density at radius 1 is 1.18 bits per heavy atom. The lowest BCUT2D eigenvalue weighted by molar-refractivity contribution is -0.214. The molecular weight excluding hydrogens is 416 g/mol. The Kier molecular flexibility index (Phi) is 5.16. The number of hydrogen-bond donors (Lipinski definition) is 2. The third kappa shape index (κ3) is 2.84. The first-order chi connectivity index (χ1) is 15.5. The van der Waals surface area contributed by atoms with Crippen molar-refractivity contribution in [3.8, 4) is 0 Å². The molecule has 33 heavy (non-hydrogen) atoms. The molecule has 5 heteroatoms. The number of rotatable bonds is 2. The SMILES string of the molecule is CC1=C(C)C(=O)OC(C(C)[C@H]2CC(O)C3(O)[C@@H]4CC=C5CC=CC(=O)[C@]5(C)[C@H]4CC[C@]23C)C1. The van der Waals surface area contributed by atoms with Crippen LogP contribution in [0, 0.1) is 34.5 Å². The minimum atomic E-state index is -1.26. The van der Waals surface area contributed by atoms with Crippen molar-refractivity contribution in [3.63, 3.8) is 0 Å². The van der Waals surface area contributed by atoms with Crippen molar-refractivity contribution in [3.05, 3.63) is 34.9 Å². The van der Waals surface area contributed by atoms with Crippen LogP contribution in [0.5, 0.6) is 0 Å². The molecule has 5 nitrogen and oxygen atoms in total. The van der Waals surface area contributed by atoms with Crippen molar-refractivity contribution in [2.45, 2.75) is 91.0 Å². The molecule has 2 N–H and O–H groups in total. The Morgan fingerprint density at radius 3 is 2.61 bits per heavy atom. The monoisotopic (exact) mass is 454 g/mol. The number of cyclic esters (lactones) is 1. The van der Waals surface area contributed by atoms with Gasteiger partial charge in [-0.05, 0) is 82.6 Å². The molecule has 4 aliphatic carbocycles. The van der Waals surface area contributed by atoms with E-state index >= 15 is 0 Å². The van der Waals surface area contributed by atoms with E-state index in [4.69, 9.17) is 4.74 Å². The third-order valence-corrected chi connectivity index (χ3v) is 10.8. The lowest BCUT2D eigenvalue weighted by atomic mass is 9.45. The topological polar surface area (TPSA) is 83.8 Å². The fourth-order valence-electron chi connectivity index (χ4n) is 8.48. The van der Waals surface area contributed by atoms with Crippen LogP contribution in [-0.4, -0.2) is 39.8 Å². The van der Waals surface area contributed by atoms with Gasteiger partial charge in [0.05, 0.1) is 17.1 Å². The maximum Gasteiger partial charge on any atom is 0.333 e. The van der Waals surface area contributed by atoms with Gasteiger partial charge in [0.25, 0.3) is 0 Å². The summed E-state index contributed by atoms with van der Waals surface area (Å²) in [6.45, 7) is 10.1. The van der Waals surface area contributed by atoms with Gasteiger partial charge < -0.3 is 14.9 Å². The maximum atomic E-state index is 13.1. The molecule has 1 aliphatic heterocycles. The summed E-state index contributed by atoms with van der Waals surface area (Å²) < 4.78 is 5.82. The zero-order valence-electron chi connectivity index (χ0n) is 20.6. The van der Waals surface area contributed by atoms with Crippen molar-refractivity contribution in [1.29, 1.82) is 0 Å². The summed E-state index contributed by atoms with van der Waals surface area (Å²) >= 11 is 0. The number of hydrogen-bond acceptors (Lipinski definition) is 5. The molecule has 0 saturated heterocycles. The van der Waals surface area contributed by atoms with Gasteiger partial charge in [-0.25, -0.2) is 4.79 Å². The van der Waals surface area contributed by atoms with Crippen LogP contribution >= 0.6 is 0 Å². The van der Waals surface area contributed by atoms with Crippen molar-refractivity contribution >= 4 is 11.8 Å². The van der Waals surface area contributed by atoms with Crippen molar-refractivity contribution in [1.82, 2.24) is 0 Å². The van der Waals surface area contributed by atoms with E-state index in [2.05, 4.69) is 19.9 Å². The van der Waals surface area contributed by atoms with Gasteiger partial charge in [-0.1, -0.05) is 37.1 Å². The number of ether oxygens (including phenoxy) is 1. The molecule has 5 aliphatic rings. The minimum absolute atomic E-state index is 0.0201. The standard InChI is InChI=1S/C28H38O5/c1-15-13-22(33-25(31)16(15)2)17(3)21-14-24(30)28(32)20-10-9-18-7-6-8-23(29)27(18,5)19(20)11-12-26(21,28)4/h6,8-9,17,19-22,24,30,32H,7,10-14H2,1-5H3/t17?,19-,20+,21+,22?,24?,26+,27-,28?/m0/s1. The Labute approximate surface area is 197 Å². The highest BCUT2D eigenvalue weighted by Crippen LogP contribution is 2.68. The Morgan fingerprint density at radius 2 is 1.91 bits per heavy atom. The summed E-state index contributed by atoms with van der Waals surface area (Å²) in [6.07, 6.45) is 9.03. The first-order valence-electron chi connectivity index (χ1n) is 12.6. The Hall–Kier alpha value is -1.72. The molecule has 0 aromatic carbocycles. The molecule has 0 radical (unpaired) electrons. The van der Waals surface area contributed by atoms with E-state index in [1.165, 1.54) is 5.57 Å².